The van der Waals surface area contributed by atoms with Crippen molar-refractivity contribution in [1.82, 2.24) is 5.32 Å². The van der Waals surface area contributed by atoms with Gasteiger partial charge in [0.2, 0.25) is 5.91 Å². The van der Waals surface area contributed by atoms with E-state index in [-0.39, 0.29) is 11.8 Å². The van der Waals surface area contributed by atoms with Crippen LogP contribution in [0.3, 0.4) is 0 Å². The number of anilines is 1. The van der Waals surface area contributed by atoms with E-state index in [1.165, 1.54) is 0 Å². The number of carbonyl (C=O) groups is 1. The van der Waals surface area contributed by atoms with Crippen LogP contribution in [0.25, 0.3) is 0 Å². The van der Waals surface area contributed by atoms with Crippen molar-refractivity contribution < 1.29 is 9.53 Å². The fourth-order valence-electron chi connectivity index (χ4n) is 2.17. The van der Waals surface area contributed by atoms with Gasteiger partial charge >= 0.3 is 0 Å². The number of para-hydroxylation sites is 2. The van der Waals surface area contributed by atoms with Crippen molar-refractivity contribution in [3.63, 3.8) is 0 Å². The molecule has 2 aromatic rings. The predicted molar refractivity (Wildman–Crippen MR) is 82.7 cm³/mol. The minimum absolute atomic E-state index is 0.0362. The quantitative estimate of drug-likeness (QED) is 0.906. The second-order valence-electron chi connectivity index (χ2n) is 5.26. The normalized spacial score (nSPS) is 14.3. The maximum atomic E-state index is 12.0. The lowest BCUT2D eigenvalue weighted by atomic mass is 10.0. The van der Waals surface area contributed by atoms with Gasteiger partial charge in [-0.15, -0.1) is 0 Å². The van der Waals surface area contributed by atoms with Crippen LogP contribution in [0.2, 0.25) is 0 Å². The first-order valence-corrected chi connectivity index (χ1v) is 7.07. The summed E-state index contributed by atoms with van der Waals surface area (Å²) < 4.78 is 5.89. The maximum absolute atomic E-state index is 12.0. The van der Waals surface area contributed by atoms with Crippen molar-refractivity contribution in [3.8, 4) is 11.5 Å². The van der Waals surface area contributed by atoms with E-state index in [9.17, 15) is 4.79 Å². The van der Waals surface area contributed by atoms with Crippen LogP contribution < -0.4 is 15.4 Å². The minimum Gasteiger partial charge on any atom is -0.455 e. The van der Waals surface area contributed by atoms with Crippen LogP contribution in [0.15, 0.2) is 48.5 Å². The molecule has 21 heavy (non-hydrogen) atoms. The van der Waals surface area contributed by atoms with Gasteiger partial charge in [-0.3, -0.25) is 4.79 Å². The number of aryl methyl sites for hydroxylation is 1. The fourth-order valence-corrected chi connectivity index (χ4v) is 2.17. The van der Waals surface area contributed by atoms with E-state index in [0.29, 0.717) is 11.4 Å². The SMILES string of the molecule is Cc1cccc(Oc2ccccc2NC(=O)C2CNC2)c1. The van der Waals surface area contributed by atoms with Crippen LogP contribution >= 0.6 is 0 Å². The Hall–Kier alpha value is -2.33. The molecule has 0 aliphatic carbocycles. The van der Waals surface area contributed by atoms with Crippen molar-refractivity contribution in [1.29, 1.82) is 0 Å². The number of amides is 1. The molecule has 0 spiro atoms. The largest absolute Gasteiger partial charge is 0.455 e. The summed E-state index contributed by atoms with van der Waals surface area (Å²) in [6.45, 7) is 3.50. The topological polar surface area (TPSA) is 50.4 Å². The Bertz CT molecular complexity index is 651. The molecule has 108 valence electrons. The second kappa shape index (κ2) is 5.97. The number of benzene rings is 2. The number of hydrogen-bond donors (Lipinski definition) is 2. The van der Waals surface area contributed by atoms with Crippen molar-refractivity contribution in [3.05, 3.63) is 54.1 Å². The molecule has 0 aromatic heterocycles. The zero-order chi connectivity index (χ0) is 14.7. The van der Waals surface area contributed by atoms with Gasteiger partial charge in [0.15, 0.2) is 5.75 Å². The first-order chi connectivity index (χ1) is 10.2. The third kappa shape index (κ3) is 3.23. The van der Waals surface area contributed by atoms with Gasteiger partial charge in [0.25, 0.3) is 0 Å². The highest BCUT2D eigenvalue weighted by atomic mass is 16.5. The second-order valence-corrected chi connectivity index (χ2v) is 5.26. The summed E-state index contributed by atoms with van der Waals surface area (Å²) in [7, 11) is 0. The molecule has 1 amide bonds. The molecule has 0 bridgehead atoms. The molecule has 4 heteroatoms. The fraction of sp³-hybridized carbons (Fsp3) is 0.235. The van der Waals surface area contributed by atoms with E-state index in [1.54, 1.807) is 0 Å². The molecule has 1 saturated heterocycles. The van der Waals surface area contributed by atoms with E-state index in [2.05, 4.69) is 10.6 Å². The van der Waals surface area contributed by atoms with Gasteiger partial charge in [-0.2, -0.15) is 0 Å². The molecule has 1 aliphatic rings. The van der Waals surface area contributed by atoms with E-state index < -0.39 is 0 Å². The Morgan fingerprint density at radius 3 is 2.71 bits per heavy atom. The van der Waals surface area contributed by atoms with Crippen molar-refractivity contribution in [2.75, 3.05) is 18.4 Å². The maximum Gasteiger partial charge on any atom is 0.230 e. The standard InChI is InChI=1S/C17H18N2O2/c1-12-5-4-6-14(9-12)21-16-8-3-2-7-15(16)19-17(20)13-10-18-11-13/h2-9,13,18H,10-11H2,1H3,(H,19,20). The minimum atomic E-state index is 0.0362. The predicted octanol–water partition coefficient (Wildman–Crippen LogP) is 2.95. The van der Waals surface area contributed by atoms with E-state index in [0.717, 1.165) is 24.4 Å². The molecule has 1 aliphatic heterocycles. The Balaban J connectivity index is 1.77. The lowest BCUT2D eigenvalue weighted by Crippen LogP contribution is -2.48. The van der Waals surface area contributed by atoms with E-state index >= 15 is 0 Å². The monoisotopic (exact) mass is 282 g/mol. The van der Waals surface area contributed by atoms with Gasteiger partial charge in [0, 0.05) is 13.1 Å². The molecule has 0 saturated carbocycles. The van der Waals surface area contributed by atoms with Crippen LogP contribution in [-0.4, -0.2) is 19.0 Å². The van der Waals surface area contributed by atoms with Crippen molar-refractivity contribution in [2.45, 2.75) is 6.92 Å². The summed E-state index contributed by atoms with van der Waals surface area (Å²) in [4.78, 5) is 12.0. The molecule has 4 nitrogen and oxygen atoms in total. The van der Waals surface area contributed by atoms with Crippen LogP contribution in [0.5, 0.6) is 11.5 Å². The van der Waals surface area contributed by atoms with Crippen LogP contribution in [-0.2, 0) is 4.79 Å². The first kappa shape index (κ1) is 13.6. The zero-order valence-corrected chi connectivity index (χ0v) is 11.9. The van der Waals surface area contributed by atoms with Crippen molar-refractivity contribution in [2.24, 2.45) is 5.92 Å². The highest BCUT2D eigenvalue weighted by Crippen LogP contribution is 2.30. The summed E-state index contributed by atoms with van der Waals surface area (Å²) in [5.74, 6) is 1.51. The molecule has 2 aromatic carbocycles. The number of carbonyl (C=O) groups excluding carboxylic acids is 1. The molecule has 1 fully saturated rings. The number of rotatable bonds is 4. The summed E-state index contributed by atoms with van der Waals surface area (Å²) in [6.07, 6.45) is 0. The van der Waals surface area contributed by atoms with E-state index in [1.807, 2.05) is 55.5 Å². The summed E-state index contributed by atoms with van der Waals surface area (Å²) in [5, 5.41) is 6.04. The van der Waals surface area contributed by atoms with Gasteiger partial charge in [0.05, 0.1) is 11.6 Å². The van der Waals surface area contributed by atoms with Gasteiger partial charge in [0.1, 0.15) is 5.75 Å². The Labute approximate surface area is 124 Å². The van der Waals surface area contributed by atoms with Gasteiger partial charge in [-0.1, -0.05) is 24.3 Å². The molecular weight excluding hydrogens is 264 g/mol. The van der Waals surface area contributed by atoms with Crippen molar-refractivity contribution >= 4 is 11.6 Å². The highest BCUT2D eigenvalue weighted by Gasteiger charge is 2.25. The molecule has 0 atom stereocenters. The summed E-state index contributed by atoms with van der Waals surface area (Å²) >= 11 is 0. The average molecular weight is 282 g/mol. The average Bonchev–Trinajstić information content (AvgIpc) is 2.39. The van der Waals surface area contributed by atoms with Crippen LogP contribution in [0.1, 0.15) is 5.56 Å². The lowest BCUT2D eigenvalue weighted by Gasteiger charge is -2.26. The van der Waals surface area contributed by atoms with Crippen LogP contribution in [0, 0.1) is 12.8 Å². The Kier molecular flexibility index (Phi) is 3.88. The third-order valence-corrected chi connectivity index (χ3v) is 3.51. The number of hydrogen-bond acceptors (Lipinski definition) is 3. The Morgan fingerprint density at radius 2 is 2.00 bits per heavy atom. The molecule has 3 rings (SSSR count). The molecule has 1 heterocycles. The smallest absolute Gasteiger partial charge is 0.230 e. The van der Waals surface area contributed by atoms with Gasteiger partial charge < -0.3 is 15.4 Å². The van der Waals surface area contributed by atoms with Crippen LogP contribution in [0.4, 0.5) is 5.69 Å². The van der Waals surface area contributed by atoms with Gasteiger partial charge in [-0.25, -0.2) is 0 Å². The Morgan fingerprint density at radius 1 is 1.19 bits per heavy atom. The molecular formula is C17H18N2O2. The zero-order valence-electron chi connectivity index (χ0n) is 11.9. The number of ether oxygens (including phenoxy) is 1. The highest BCUT2D eigenvalue weighted by molar-refractivity contribution is 5.94. The molecule has 2 N–H and O–H groups in total. The number of nitrogens with one attached hydrogen (secondary N) is 2. The first-order valence-electron chi connectivity index (χ1n) is 7.07. The summed E-state index contributed by atoms with van der Waals surface area (Å²) in [6, 6.07) is 15.3. The lowest BCUT2D eigenvalue weighted by molar-refractivity contribution is -0.121. The molecule has 0 unspecified atom stereocenters. The van der Waals surface area contributed by atoms with Gasteiger partial charge in [-0.05, 0) is 36.8 Å². The molecule has 0 radical (unpaired) electrons. The summed E-state index contributed by atoms with van der Waals surface area (Å²) in [5.41, 5.74) is 1.84. The van der Waals surface area contributed by atoms with E-state index in [4.69, 9.17) is 4.74 Å². The third-order valence-electron chi connectivity index (χ3n) is 3.51.